The van der Waals surface area contributed by atoms with E-state index in [0.29, 0.717) is 5.69 Å². The molecule has 88 valence electrons. The molecule has 0 saturated carbocycles. The lowest BCUT2D eigenvalue weighted by Gasteiger charge is -2.20. The van der Waals surface area contributed by atoms with Crippen molar-refractivity contribution < 1.29 is 9.90 Å². The molecule has 0 unspecified atom stereocenters. The van der Waals surface area contributed by atoms with Gasteiger partial charge < -0.3 is 15.4 Å². The molecule has 1 aromatic heterocycles. The lowest BCUT2D eigenvalue weighted by molar-refractivity contribution is 0.0915. The SMILES string of the molecule is Cc1cc(O)c(C(=O)NC(C)(C)C)c(=O)[nH]1. The number of amides is 1. The molecule has 1 amide bonds. The molecule has 0 fully saturated rings. The van der Waals surface area contributed by atoms with E-state index in [1.165, 1.54) is 6.07 Å². The smallest absolute Gasteiger partial charge is 0.264 e. The van der Waals surface area contributed by atoms with Gasteiger partial charge in [-0.3, -0.25) is 9.59 Å². The van der Waals surface area contributed by atoms with Crippen molar-refractivity contribution in [2.24, 2.45) is 0 Å². The maximum absolute atomic E-state index is 11.7. The van der Waals surface area contributed by atoms with Crippen LogP contribution in [0, 0.1) is 6.92 Å². The fourth-order valence-corrected chi connectivity index (χ4v) is 1.29. The van der Waals surface area contributed by atoms with Gasteiger partial charge >= 0.3 is 0 Å². The first kappa shape index (κ1) is 12.3. The number of hydrogen-bond acceptors (Lipinski definition) is 3. The number of rotatable bonds is 1. The predicted molar refractivity (Wildman–Crippen MR) is 60.7 cm³/mol. The maximum Gasteiger partial charge on any atom is 0.264 e. The molecule has 0 radical (unpaired) electrons. The van der Waals surface area contributed by atoms with E-state index in [2.05, 4.69) is 10.3 Å². The summed E-state index contributed by atoms with van der Waals surface area (Å²) >= 11 is 0. The molecule has 0 saturated heterocycles. The average Bonchev–Trinajstić information content (AvgIpc) is 1.96. The molecule has 3 N–H and O–H groups in total. The second kappa shape index (κ2) is 4.00. The Morgan fingerprint density at radius 1 is 1.44 bits per heavy atom. The first-order valence-electron chi connectivity index (χ1n) is 4.96. The fraction of sp³-hybridized carbons (Fsp3) is 0.455. The van der Waals surface area contributed by atoms with E-state index >= 15 is 0 Å². The van der Waals surface area contributed by atoms with Crippen molar-refractivity contribution in [1.82, 2.24) is 10.3 Å². The van der Waals surface area contributed by atoms with Crippen LogP contribution >= 0.6 is 0 Å². The lowest BCUT2D eigenvalue weighted by atomic mass is 10.1. The second-order valence-corrected chi connectivity index (χ2v) is 4.75. The van der Waals surface area contributed by atoms with Crippen molar-refractivity contribution in [2.45, 2.75) is 33.2 Å². The summed E-state index contributed by atoms with van der Waals surface area (Å²) in [5, 5.41) is 12.2. The monoisotopic (exact) mass is 224 g/mol. The number of carbonyl (C=O) groups excluding carboxylic acids is 1. The number of H-pyrrole nitrogens is 1. The third-order valence-corrected chi connectivity index (χ3v) is 1.86. The lowest BCUT2D eigenvalue weighted by Crippen LogP contribution is -2.42. The Kier molecular flexibility index (Phi) is 3.07. The van der Waals surface area contributed by atoms with Crippen LogP contribution in [-0.4, -0.2) is 21.5 Å². The van der Waals surface area contributed by atoms with E-state index in [0.717, 1.165) is 0 Å². The molecule has 5 nitrogen and oxygen atoms in total. The number of aromatic hydroxyl groups is 1. The summed E-state index contributed by atoms with van der Waals surface area (Å²) in [5.74, 6) is -0.880. The predicted octanol–water partition coefficient (Wildman–Crippen LogP) is 0.917. The van der Waals surface area contributed by atoms with Gasteiger partial charge in [0, 0.05) is 11.2 Å². The third-order valence-electron chi connectivity index (χ3n) is 1.86. The normalized spacial score (nSPS) is 11.2. The first-order chi connectivity index (χ1) is 7.20. The largest absolute Gasteiger partial charge is 0.507 e. The Morgan fingerprint density at radius 2 is 2.00 bits per heavy atom. The minimum Gasteiger partial charge on any atom is -0.507 e. The molecule has 1 heterocycles. The molecule has 5 heteroatoms. The summed E-state index contributed by atoms with van der Waals surface area (Å²) in [7, 11) is 0. The molecule has 0 aliphatic carbocycles. The van der Waals surface area contributed by atoms with E-state index in [1.807, 2.05) is 0 Å². The van der Waals surface area contributed by atoms with Crippen molar-refractivity contribution in [1.29, 1.82) is 0 Å². The van der Waals surface area contributed by atoms with Gasteiger partial charge in [-0.15, -0.1) is 0 Å². The highest BCUT2D eigenvalue weighted by Gasteiger charge is 2.21. The van der Waals surface area contributed by atoms with Crippen molar-refractivity contribution in [3.8, 4) is 5.75 Å². The molecule has 1 rings (SSSR count). The number of aromatic amines is 1. The Morgan fingerprint density at radius 3 is 2.44 bits per heavy atom. The first-order valence-corrected chi connectivity index (χ1v) is 4.96. The fourth-order valence-electron chi connectivity index (χ4n) is 1.29. The molecule has 0 aromatic carbocycles. The summed E-state index contributed by atoms with van der Waals surface area (Å²) in [6.07, 6.45) is 0. The summed E-state index contributed by atoms with van der Waals surface area (Å²) in [5.41, 5.74) is -0.782. The standard InChI is InChI=1S/C11H16N2O3/c1-6-5-7(14)8(9(15)12-6)10(16)13-11(2,3)4/h5H,1-4H3,(H,13,16)(H2,12,14,15). The van der Waals surface area contributed by atoms with Gasteiger partial charge in [0.05, 0.1) is 0 Å². The van der Waals surface area contributed by atoms with Crippen LogP contribution in [-0.2, 0) is 0 Å². The van der Waals surface area contributed by atoms with Gasteiger partial charge in [0.15, 0.2) is 0 Å². The Hall–Kier alpha value is -1.78. The second-order valence-electron chi connectivity index (χ2n) is 4.75. The molecule has 0 aliphatic rings. The molecule has 0 spiro atoms. The van der Waals surface area contributed by atoms with Gasteiger partial charge in [0.25, 0.3) is 11.5 Å². The topological polar surface area (TPSA) is 82.2 Å². The Bertz CT molecular complexity index is 469. The van der Waals surface area contributed by atoms with Gasteiger partial charge in [0.1, 0.15) is 11.3 Å². The van der Waals surface area contributed by atoms with Crippen LogP contribution in [0.2, 0.25) is 0 Å². The van der Waals surface area contributed by atoms with Crippen molar-refractivity contribution >= 4 is 5.91 Å². The zero-order valence-electron chi connectivity index (χ0n) is 9.84. The van der Waals surface area contributed by atoms with Crippen molar-refractivity contribution in [3.05, 3.63) is 27.7 Å². The summed E-state index contributed by atoms with van der Waals surface area (Å²) in [6, 6.07) is 1.35. The number of nitrogens with one attached hydrogen (secondary N) is 2. The van der Waals surface area contributed by atoms with Gasteiger partial charge in [-0.25, -0.2) is 0 Å². The van der Waals surface area contributed by atoms with Crippen molar-refractivity contribution in [3.63, 3.8) is 0 Å². The van der Waals surface area contributed by atoms with Crippen LogP contribution in [0.3, 0.4) is 0 Å². The van der Waals surface area contributed by atoms with Crippen molar-refractivity contribution in [2.75, 3.05) is 0 Å². The van der Waals surface area contributed by atoms with Crippen LogP contribution in [0.15, 0.2) is 10.9 Å². The van der Waals surface area contributed by atoms with Gasteiger partial charge in [-0.1, -0.05) is 0 Å². The molecular weight excluding hydrogens is 208 g/mol. The maximum atomic E-state index is 11.7. The zero-order chi connectivity index (χ0) is 12.5. The number of hydrogen-bond donors (Lipinski definition) is 3. The number of aryl methyl sites for hydroxylation is 1. The number of carbonyl (C=O) groups is 1. The highest BCUT2D eigenvalue weighted by molar-refractivity contribution is 5.96. The van der Waals surface area contributed by atoms with E-state index in [4.69, 9.17) is 0 Å². The van der Waals surface area contributed by atoms with Gasteiger partial charge in [0.2, 0.25) is 0 Å². The zero-order valence-corrected chi connectivity index (χ0v) is 9.84. The Balaban J connectivity index is 3.15. The quantitative estimate of drug-likeness (QED) is 0.663. The van der Waals surface area contributed by atoms with Crippen LogP contribution in [0.1, 0.15) is 36.8 Å². The van der Waals surface area contributed by atoms with E-state index in [-0.39, 0.29) is 11.3 Å². The van der Waals surface area contributed by atoms with Crippen LogP contribution < -0.4 is 10.9 Å². The minimum absolute atomic E-state index is 0.250. The van der Waals surface area contributed by atoms with Crippen LogP contribution in [0.25, 0.3) is 0 Å². The molecule has 1 aromatic rings. The van der Waals surface area contributed by atoms with Crippen LogP contribution in [0.5, 0.6) is 5.75 Å². The van der Waals surface area contributed by atoms with Crippen LogP contribution in [0.4, 0.5) is 0 Å². The minimum atomic E-state index is -0.584. The summed E-state index contributed by atoms with van der Waals surface area (Å²) in [4.78, 5) is 25.7. The average molecular weight is 224 g/mol. The third kappa shape index (κ3) is 2.85. The summed E-state index contributed by atoms with van der Waals surface area (Å²) in [6.45, 7) is 7.02. The molecule has 0 atom stereocenters. The highest BCUT2D eigenvalue weighted by atomic mass is 16.3. The molecular formula is C11H16N2O3. The molecule has 16 heavy (non-hydrogen) atoms. The summed E-state index contributed by atoms with van der Waals surface area (Å²) < 4.78 is 0. The van der Waals surface area contributed by atoms with E-state index < -0.39 is 17.0 Å². The van der Waals surface area contributed by atoms with Gasteiger partial charge in [-0.2, -0.15) is 0 Å². The Labute approximate surface area is 93.5 Å². The molecule has 0 bridgehead atoms. The van der Waals surface area contributed by atoms with E-state index in [9.17, 15) is 14.7 Å². The highest BCUT2D eigenvalue weighted by Crippen LogP contribution is 2.13. The number of aromatic nitrogens is 1. The number of pyridine rings is 1. The van der Waals surface area contributed by atoms with Gasteiger partial charge in [-0.05, 0) is 33.8 Å². The van der Waals surface area contributed by atoms with E-state index in [1.54, 1.807) is 27.7 Å². The molecule has 0 aliphatic heterocycles.